The van der Waals surface area contributed by atoms with E-state index >= 15 is 0 Å². The van der Waals surface area contributed by atoms with Crippen molar-refractivity contribution in [2.24, 2.45) is 0 Å². The maximum Gasteiger partial charge on any atom is 0.134 e. The number of rotatable bonds is 3. The normalized spacial score (nSPS) is 10.7. The predicted molar refractivity (Wildman–Crippen MR) is 71.4 cm³/mol. The maximum atomic E-state index is 10.8. The number of para-hydroxylation sites is 1. The van der Waals surface area contributed by atoms with E-state index in [1.807, 2.05) is 54.6 Å². The zero-order valence-corrected chi connectivity index (χ0v) is 9.80. The SMILES string of the molecule is O=CCc1oc2ccccc2c1-c1ccccc1. The molecule has 0 spiro atoms. The van der Waals surface area contributed by atoms with Crippen LogP contribution in [0.5, 0.6) is 0 Å². The fourth-order valence-corrected chi connectivity index (χ4v) is 2.24. The molecule has 0 bridgehead atoms. The number of fused-ring (bicyclic) bond motifs is 1. The molecule has 88 valence electrons. The molecule has 18 heavy (non-hydrogen) atoms. The highest BCUT2D eigenvalue weighted by molar-refractivity contribution is 5.96. The quantitative estimate of drug-likeness (QED) is 0.647. The second kappa shape index (κ2) is 4.49. The Morgan fingerprint density at radius 2 is 1.67 bits per heavy atom. The Balaban J connectivity index is 2.31. The molecule has 0 aliphatic carbocycles. The summed E-state index contributed by atoms with van der Waals surface area (Å²) in [6.45, 7) is 0. The highest BCUT2D eigenvalue weighted by atomic mass is 16.3. The molecule has 0 fully saturated rings. The lowest BCUT2D eigenvalue weighted by Gasteiger charge is -2.00. The van der Waals surface area contributed by atoms with Gasteiger partial charge in [0.05, 0.1) is 6.42 Å². The average Bonchev–Trinajstić information content (AvgIpc) is 2.78. The van der Waals surface area contributed by atoms with Gasteiger partial charge in [-0.15, -0.1) is 0 Å². The van der Waals surface area contributed by atoms with Gasteiger partial charge < -0.3 is 9.21 Å². The van der Waals surface area contributed by atoms with E-state index in [1.54, 1.807) is 0 Å². The van der Waals surface area contributed by atoms with Gasteiger partial charge in [0.25, 0.3) is 0 Å². The summed E-state index contributed by atoms with van der Waals surface area (Å²) in [6, 6.07) is 17.9. The largest absolute Gasteiger partial charge is 0.460 e. The zero-order valence-electron chi connectivity index (χ0n) is 9.80. The smallest absolute Gasteiger partial charge is 0.134 e. The Morgan fingerprint density at radius 1 is 0.944 bits per heavy atom. The Bertz CT molecular complexity index is 681. The molecule has 0 atom stereocenters. The standard InChI is InChI=1S/C16H12O2/c17-11-10-15-16(12-6-2-1-3-7-12)13-8-4-5-9-14(13)18-15/h1-9,11H,10H2. The van der Waals surface area contributed by atoms with E-state index in [2.05, 4.69) is 0 Å². The first-order chi connectivity index (χ1) is 8.90. The molecular formula is C16H12O2. The number of aldehydes is 1. The van der Waals surface area contributed by atoms with Crippen molar-refractivity contribution in [3.63, 3.8) is 0 Å². The van der Waals surface area contributed by atoms with E-state index in [0.717, 1.165) is 34.1 Å². The van der Waals surface area contributed by atoms with Gasteiger partial charge in [0.15, 0.2) is 0 Å². The van der Waals surface area contributed by atoms with Gasteiger partial charge in [0, 0.05) is 10.9 Å². The van der Waals surface area contributed by atoms with Crippen molar-refractivity contribution < 1.29 is 9.21 Å². The molecule has 0 unspecified atom stereocenters. The average molecular weight is 236 g/mol. The van der Waals surface area contributed by atoms with Crippen molar-refractivity contribution in [3.8, 4) is 11.1 Å². The van der Waals surface area contributed by atoms with Gasteiger partial charge in [0.2, 0.25) is 0 Å². The van der Waals surface area contributed by atoms with Crippen LogP contribution in [0.2, 0.25) is 0 Å². The first kappa shape index (κ1) is 10.8. The highest BCUT2D eigenvalue weighted by Gasteiger charge is 2.14. The fourth-order valence-electron chi connectivity index (χ4n) is 2.24. The third kappa shape index (κ3) is 1.72. The fraction of sp³-hybridized carbons (Fsp3) is 0.0625. The van der Waals surface area contributed by atoms with E-state index in [4.69, 9.17) is 4.42 Å². The van der Waals surface area contributed by atoms with Crippen LogP contribution in [-0.4, -0.2) is 6.29 Å². The highest BCUT2D eigenvalue weighted by Crippen LogP contribution is 2.34. The van der Waals surface area contributed by atoms with Gasteiger partial charge in [0.1, 0.15) is 17.6 Å². The molecule has 1 heterocycles. The summed E-state index contributed by atoms with van der Waals surface area (Å²) in [5.41, 5.74) is 2.94. The summed E-state index contributed by atoms with van der Waals surface area (Å²) in [5, 5.41) is 1.06. The Labute approximate surface area is 105 Å². The van der Waals surface area contributed by atoms with Gasteiger partial charge in [-0.2, -0.15) is 0 Å². The van der Waals surface area contributed by atoms with E-state index in [0.29, 0.717) is 6.42 Å². The minimum atomic E-state index is 0.304. The third-order valence-electron chi connectivity index (χ3n) is 3.00. The van der Waals surface area contributed by atoms with Gasteiger partial charge >= 0.3 is 0 Å². The molecule has 0 radical (unpaired) electrons. The van der Waals surface area contributed by atoms with E-state index in [9.17, 15) is 4.79 Å². The maximum absolute atomic E-state index is 10.8. The van der Waals surface area contributed by atoms with Gasteiger partial charge in [-0.1, -0.05) is 48.5 Å². The minimum Gasteiger partial charge on any atom is -0.460 e. The molecule has 0 aliphatic rings. The summed E-state index contributed by atoms with van der Waals surface area (Å²) in [4.78, 5) is 10.8. The van der Waals surface area contributed by atoms with E-state index in [-0.39, 0.29) is 0 Å². The molecule has 0 saturated heterocycles. The summed E-state index contributed by atoms with van der Waals surface area (Å²) < 4.78 is 5.76. The van der Waals surface area contributed by atoms with Crippen LogP contribution in [0.3, 0.4) is 0 Å². The lowest BCUT2D eigenvalue weighted by molar-refractivity contribution is -0.107. The van der Waals surface area contributed by atoms with Crippen LogP contribution in [-0.2, 0) is 11.2 Å². The van der Waals surface area contributed by atoms with Crippen molar-refractivity contribution >= 4 is 17.3 Å². The van der Waals surface area contributed by atoms with Crippen molar-refractivity contribution in [1.82, 2.24) is 0 Å². The molecular weight excluding hydrogens is 224 g/mol. The van der Waals surface area contributed by atoms with E-state index in [1.165, 1.54) is 0 Å². The molecule has 0 saturated carbocycles. The molecule has 3 rings (SSSR count). The molecule has 1 aromatic heterocycles. The van der Waals surface area contributed by atoms with Crippen LogP contribution in [0.25, 0.3) is 22.1 Å². The number of carbonyl (C=O) groups excluding carboxylic acids is 1. The Kier molecular flexibility index (Phi) is 2.69. The van der Waals surface area contributed by atoms with Crippen molar-refractivity contribution in [3.05, 3.63) is 60.4 Å². The lowest BCUT2D eigenvalue weighted by atomic mass is 10.0. The summed E-state index contributed by atoms with van der Waals surface area (Å²) in [7, 11) is 0. The molecule has 2 aromatic carbocycles. The number of hydrogen-bond donors (Lipinski definition) is 0. The zero-order chi connectivity index (χ0) is 12.4. The first-order valence-corrected chi connectivity index (χ1v) is 5.89. The van der Waals surface area contributed by atoms with Crippen LogP contribution >= 0.6 is 0 Å². The topological polar surface area (TPSA) is 30.2 Å². The molecule has 2 nitrogen and oxygen atoms in total. The summed E-state index contributed by atoms with van der Waals surface area (Å²) in [6.07, 6.45) is 1.18. The van der Waals surface area contributed by atoms with Crippen LogP contribution in [0.4, 0.5) is 0 Å². The third-order valence-corrected chi connectivity index (χ3v) is 3.00. The van der Waals surface area contributed by atoms with Gasteiger partial charge in [-0.3, -0.25) is 0 Å². The minimum absolute atomic E-state index is 0.304. The van der Waals surface area contributed by atoms with Crippen LogP contribution < -0.4 is 0 Å². The summed E-state index contributed by atoms with van der Waals surface area (Å²) >= 11 is 0. The molecule has 0 aliphatic heterocycles. The van der Waals surface area contributed by atoms with Gasteiger partial charge in [-0.25, -0.2) is 0 Å². The van der Waals surface area contributed by atoms with Crippen LogP contribution in [0, 0.1) is 0 Å². The number of carbonyl (C=O) groups is 1. The van der Waals surface area contributed by atoms with Crippen molar-refractivity contribution in [2.45, 2.75) is 6.42 Å². The lowest BCUT2D eigenvalue weighted by Crippen LogP contribution is -1.86. The van der Waals surface area contributed by atoms with E-state index < -0.39 is 0 Å². The second-order valence-corrected chi connectivity index (χ2v) is 4.13. The Hall–Kier alpha value is -2.35. The molecule has 0 amide bonds. The van der Waals surface area contributed by atoms with Crippen molar-refractivity contribution in [2.75, 3.05) is 0 Å². The molecule has 3 aromatic rings. The second-order valence-electron chi connectivity index (χ2n) is 4.13. The molecule has 0 N–H and O–H groups in total. The Morgan fingerprint density at radius 3 is 2.44 bits per heavy atom. The van der Waals surface area contributed by atoms with Crippen LogP contribution in [0.1, 0.15) is 5.76 Å². The number of furan rings is 1. The summed E-state index contributed by atoms with van der Waals surface area (Å²) in [5.74, 6) is 0.734. The van der Waals surface area contributed by atoms with Crippen LogP contribution in [0.15, 0.2) is 59.0 Å². The predicted octanol–water partition coefficient (Wildman–Crippen LogP) is 3.84. The number of hydrogen-bond acceptors (Lipinski definition) is 2. The monoisotopic (exact) mass is 236 g/mol. The van der Waals surface area contributed by atoms with Gasteiger partial charge in [-0.05, 0) is 11.6 Å². The van der Waals surface area contributed by atoms with Crippen molar-refractivity contribution in [1.29, 1.82) is 0 Å². The molecule has 2 heteroatoms. The number of benzene rings is 2. The first-order valence-electron chi connectivity index (χ1n) is 5.89.